The van der Waals surface area contributed by atoms with Crippen molar-refractivity contribution in [3.05, 3.63) is 103 Å². The number of rotatable bonds is 6. The summed E-state index contributed by atoms with van der Waals surface area (Å²) < 4.78 is 0.809. The monoisotopic (exact) mass is 512 g/mol. The number of benzene rings is 3. The molecule has 0 radical (unpaired) electrons. The molecule has 0 spiro atoms. The van der Waals surface area contributed by atoms with Gasteiger partial charge in [0.1, 0.15) is 4.88 Å². The van der Waals surface area contributed by atoms with Gasteiger partial charge < -0.3 is 5.32 Å². The van der Waals surface area contributed by atoms with Gasteiger partial charge in [0.25, 0.3) is 17.5 Å². The minimum atomic E-state index is -0.498. The molecule has 0 aliphatic carbocycles. The fraction of sp³-hybridized carbons (Fsp3) is 0. The highest BCUT2D eigenvalue weighted by atomic mass is 35.5. The number of halogens is 2. The maximum atomic E-state index is 12.7. The Morgan fingerprint density at radius 3 is 2.35 bits per heavy atom. The van der Waals surface area contributed by atoms with E-state index in [-0.39, 0.29) is 11.6 Å². The average molecular weight is 513 g/mol. The van der Waals surface area contributed by atoms with Crippen molar-refractivity contribution in [1.29, 1.82) is 0 Å². The standard InChI is InChI=1S/C23H14Cl2N4O4S/c24-15-5-10-18-19(11-15)34-21(20(18)25)23(31)27-16-6-3-14(4-7-16)22(30)28-26-12-13-1-8-17(9-2-13)29(32)33/h1-12H,(H,27,31)(H,28,30)/b26-12-. The molecule has 2 N–H and O–H groups in total. The van der Waals surface area contributed by atoms with Crippen molar-refractivity contribution in [1.82, 2.24) is 5.43 Å². The lowest BCUT2D eigenvalue weighted by molar-refractivity contribution is -0.384. The van der Waals surface area contributed by atoms with Crippen LogP contribution in [0.15, 0.2) is 71.8 Å². The second-order valence-electron chi connectivity index (χ2n) is 6.96. The highest BCUT2D eigenvalue weighted by Gasteiger charge is 2.17. The van der Waals surface area contributed by atoms with Gasteiger partial charge in [0.05, 0.1) is 16.2 Å². The lowest BCUT2D eigenvalue weighted by Crippen LogP contribution is -2.17. The van der Waals surface area contributed by atoms with E-state index in [2.05, 4.69) is 15.8 Å². The molecule has 34 heavy (non-hydrogen) atoms. The van der Waals surface area contributed by atoms with Crippen LogP contribution in [0, 0.1) is 10.1 Å². The van der Waals surface area contributed by atoms with Crippen molar-refractivity contribution in [3.63, 3.8) is 0 Å². The third-order valence-corrected chi connectivity index (χ3v) is 6.58. The number of hydrogen-bond donors (Lipinski definition) is 2. The van der Waals surface area contributed by atoms with E-state index in [9.17, 15) is 19.7 Å². The predicted octanol–water partition coefficient (Wildman–Crippen LogP) is 6.13. The number of fused-ring (bicyclic) bond motifs is 1. The van der Waals surface area contributed by atoms with Crippen LogP contribution in [-0.4, -0.2) is 23.0 Å². The molecule has 0 aliphatic rings. The first-order valence-corrected chi connectivity index (χ1v) is 11.3. The zero-order chi connectivity index (χ0) is 24.2. The van der Waals surface area contributed by atoms with Gasteiger partial charge in [-0.05, 0) is 54.1 Å². The second-order valence-corrected chi connectivity index (χ2v) is 8.83. The molecule has 1 heterocycles. The van der Waals surface area contributed by atoms with Gasteiger partial charge in [-0.15, -0.1) is 11.3 Å². The van der Waals surface area contributed by atoms with Crippen LogP contribution in [0.25, 0.3) is 10.1 Å². The minimum absolute atomic E-state index is 0.0348. The summed E-state index contributed by atoms with van der Waals surface area (Å²) in [6.07, 6.45) is 1.37. The van der Waals surface area contributed by atoms with Gasteiger partial charge in [-0.25, -0.2) is 5.43 Å². The Hall–Kier alpha value is -3.79. The number of carbonyl (C=O) groups excluding carboxylic acids is 2. The second kappa shape index (κ2) is 10.0. The highest BCUT2D eigenvalue weighted by Crippen LogP contribution is 2.37. The number of nitrogens with one attached hydrogen (secondary N) is 2. The van der Waals surface area contributed by atoms with Crippen LogP contribution in [0.1, 0.15) is 25.6 Å². The molecule has 4 aromatic rings. The van der Waals surface area contributed by atoms with Crippen LogP contribution in [0.3, 0.4) is 0 Å². The van der Waals surface area contributed by atoms with Crippen LogP contribution in [0.2, 0.25) is 10.0 Å². The molecule has 3 aromatic carbocycles. The van der Waals surface area contributed by atoms with E-state index >= 15 is 0 Å². The quantitative estimate of drug-likeness (QED) is 0.183. The molecule has 11 heteroatoms. The Bertz CT molecular complexity index is 1430. The Morgan fingerprint density at radius 2 is 1.68 bits per heavy atom. The van der Waals surface area contributed by atoms with Gasteiger partial charge in [-0.1, -0.05) is 29.3 Å². The molecule has 0 bridgehead atoms. The number of nitrogens with zero attached hydrogens (tertiary/aromatic N) is 2. The normalized spacial score (nSPS) is 11.0. The van der Waals surface area contributed by atoms with Gasteiger partial charge in [-0.2, -0.15) is 5.10 Å². The van der Waals surface area contributed by atoms with Gasteiger partial charge in [-0.3, -0.25) is 19.7 Å². The van der Waals surface area contributed by atoms with Crippen LogP contribution in [0.4, 0.5) is 11.4 Å². The Morgan fingerprint density at radius 1 is 0.971 bits per heavy atom. The number of nitro groups is 1. The molecule has 4 rings (SSSR count). The lowest BCUT2D eigenvalue weighted by atomic mass is 10.2. The summed E-state index contributed by atoms with van der Waals surface area (Å²) in [5.74, 6) is -0.826. The summed E-state index contributed by atoms with van der Waals surface area (Å²) in [5.41, 5.74) is 3.75. The summed E-state index contributed by atoms with van der Waals surface area (Å²) in [5, 5.41) is 19.0. The molecular formula is C23H14Cl2N4O4S. The van der Waals surface area contributed by atoms with Crippen molar-refractivity contribution in [2.24, 2.45) is 5.10 Å². The topological polar surface area (TPSA) is 114 Å². The molecule has 170 valence electrons. The van der Waals surface area contributed by atoms with Crippen LogP contribution >= 0.6 is 34.5 Å². The fourth-order valence-corrected chi connectivity index (χ4v) is 4.68. The van der Waals surface area contributed by atoms with E-state index in [4.69, 9.17) is 23.2 Å². The summed E-state index contributed by atoms with van der Waals surface area (Å²) in [6, 6.07) is 17.2. The Kier molecular flexibility index (Phi) is 6.87. The van der Waals surface area contributed by atoms with Gasteiger partial charge in [0, 0.05) is 38.5 Å². The first-order valence-electron chi connectivity index (χ1n) is 9.68. The van der Waals surface area contributed by atoms with E-state index < -0.39 is 10.8 Å². The van der Waals surface area contributed by atoms with Gasteiger partial charge in [0.2, 0.25) is 0 Å². The molecule has 0 saturated carbocycles. The maximum absolute atomic E-state index is 12.7. The van der Waals surface area contributed by atoms with Crippen molar-refractivity contribution >= 4 is 74.0 Å². The first kappa shape index (κ1) is 23.4. The third kappa shape index (κ3) is 5.23. The summed E-state index contributed by atoms with van der Waals surface area (Å²) in [4.78, 5) is 35.5. The maximum Gasteiger partial charge on any atom is 0.271 e. The van der Waals surface area contributed by atoms with E-state index in [1.54, 1.807) is 42.5 Å². The van der Waals surface area contributed by atoms with Crippen molar-refractivity contribution in [2.45, 2.75) is 0 Å². The molecule has 0 fully saturated rings. The van der Waals surface area contributed by atoms with Crippen molar-refractivity contribution < 1.29 is 14.5 Å². The number of hydrogen-bond acceptors (Lipinski definition) is 6. The third-order valence-electron chi connectivity index (χ3n) is 4.69. The number of anilines is 1. The zero-order valence-corrected chi connectivity index (χ0v) is 19.4. The van der Waals surface area contributed by atoms with E-state index in [1.165, 1.54) is 41.8 Å². The van der Waals surface area contributed by atoms with Crippen molar-refractivity contribution in [2.75, 3.05) is 5.32 Å². The molecule has 1 aromatic heterocycles. The van der Waals surface area contributed by atoms with Crippen LogP contribution in [0.5, 0.6) is 0 Å². The number of nitro benzene ring substituents is 1. The largest absolute Gasteiger partial charge is 0.321 e. The van der Waals surface area contributed by atoms with Crippen molar-refractivity contribution in [3.8, 4) is 0 Å². The number of hydrazone groups is 1. The predicted molar refractivity (Wildman–Crippen MR) is 134 cm³/mol. The molecule has 8 nitrogen and oxygen atoms in total. The van der Waals surface area contributed by atoms with E-state index in [1.807, 2.05) is 0 Å². The molecule has 0 aliphatic heterocycles. The molecule has 0 unspecified atom stereocenters. The summed E-state index contributed by atoms with van der Waals surface area (Å²) in [7, 11) is 0. The first-order chi connectivity index (χ1) is 16.3. The summed E-state index contributed by atoms with van der Waals surface area (Å²) in [6.45, 7) is 0. The van der Waals surface area contributed by atoms with E-state index in [0.717, 1.165) is 10.1 Å². The summed E-state index contributed by atoms with van der Waals surface area (Å²) >= 11 is 13.6. The Labute approximate surface area is 207 Å². The fourth-order valence-electron chi connectivity index (χ4n) is 2.99. The number of carbonyl (C=O) groups is 2. The smallest absolute Gasteiger partial charge is 0.271 e. The molecular weight excluding hydrogens is 499 g/mol. The number of non-ortho nitro benzene ring substituents is 1. The van der Waals surface area contributed by atoms with Gasteiger partial charge in [0.15, 0.2) is 0 Å². The Balaban J connectivity index is 1.38. The van der Waals surface area contributed by atoms with E-state index in [0.29, 0.717) is 31.7 Å². The number of thiophene rings is 1. The number of amides is 2. The average Bonchev–Trinajstić information content (AvgIpc) is 3.15. The minimum Gasteiger partial charge on any atom is -0.321 e. The van der Waals surface area contributed by atoms with Crippen LogP contribution in [-0.2, 0) is 0 Å². The highest BCUT2D eigenvalue weighted by molar-refractivity contribution is 7.21. The lowest BCUT2D eigenvalue weighted by Gasteiger charge is -2.05. The van der Waals surface area contributed by atoms with Gasteiger partial charge >= 0.3 is 0 Å². The SMILES string of the molecule is O=C(N/N=C\c1ccc([N+](=O)[O-])cc1)c1ccc(NC(=O)c2sc3cc(Cl)ccc3c2Cl)cc1. The molecule has 0 saturated heterocycles. The molecule has 0 atom stereocenters. The zero-order valence-electron chi connectivity index (χ0n) is 17.1. The van der Waals surface area contributed by atoms with Crippen LogP contribution < -0.4 is 10.7 Å². The molecule has 2 amide bonds.